The Morgan fingerprint density at radius 3 is 3.00 bits per heavy atom. The summed E-state index contributed by atoms with van der Waals surface area (Å²) in [5, 5.41) is 0. The molecule has 2 atom stereocenters. The number of hydrogen-bond donors (Lipinski definition) is 2. The molecule has 5 nitrogen and oxygen atoms in total. The molecule has 1 aliphatic rings. The number of hydrogen-bond acceptors (Lipinski definition) is 4. The lowest BCUT2D eigenvalue weighted by Crippen LogP contribution is -2.30. The minimum atomic E-state index is -0.0891. The first-order valence-electron chi connectivity index (χ1n) is 4.83. The van der Waals surface area contributed by atoms with Crippen LogP contribution in [0.4, 0.5) is 5.82 Å². The number of rotatable bonds is 1. The molecule has 1 saturated heterocycles. The van der Waals surface area contributed by atoms with E-state index in [1.165, 1.54) is 6.33 Å². The maximum Gasteiger partial charge on any atom is 0.266 e. The zero-order valence-electron chi connectivity index (χ0n) is 8.40. The molecule has 1 aliphatic heterocycles. The Balaban J connectivity index is 2.32. The highest BCUT2D eigenvalue weighted by atomic mass is 127. The number of halogens is 1. The van der Waals surface area contributed by atoms with Crippen LogP contribution in [0.3, 0.4) is 0 Å². The summed E-state index contributed by atoms with van der Waals surface area (Å²) in [6.45, 7) is 3.76. The van der Waals surface area contributed by atoms with E-state index < -0.39 is 0 Å². The smallest absolute Gasteiger partial charge is 0.266 e. The lowest BCUT2D eigenvalue weighted by molar-refractivity contribution is 0.566. The van der Waals surface area contributed by atoms with Crippen LogP contribution in [-0.4, -0.2) is 29.1 Å². The normalized spacial score (nSPS) is 25.9. The summed E-state index contributed by atoms with van der Waals surface area (Å²) in [4.78, 5) is 20.2. The molecular weight excluding hydrogens is 307 g/mol. The molecule has 0 saturated carbocycles. The minimum Gasteiger partial charge on any atom is -0.354 e. The average molecular weight is 320 g/mol. The van der Waals surface area contributed by atoms with Crippen LogP contribution >= 0.6 is 22.6 Å². The number of nitrogens with one attached hydrogen (secondary N) is 1. The van der Waals surface area contributed by atoms with Crippen molar-refractivity contribution in [1.29, 1.82) is 0 Å². The van der Waals surface area contributed by atoms with Gasteiger partial charge in [0.25, 0.3) is 5.56 Å². The summed E-state index contributed by atoms with van der Waals surface area (Å²) in [6, 6.07) is 0.168. The Morgan fingerprint density at radius 2 is 2.40 bits per heavy atom. The van der Waals surface area contributed by atoms with Gasteiger partial charge in [-0.15, -0.1) is 0 Å². The second kappa shape index (κ2) is 4.09. The van der Waals surface area contributed by atoms with Crippen LogP contribution in [0.25, 0.3) is 0 Å². The van der Waals surface area contributed by atoms with Gasteiger partial charge in [-0.3, -0.25) is 4.79 Å². The first-order valence-corrected chi connectivity index (χ1v) is 5.91. The summed E-state index contributed by atoms with van der Waals surface area (Å²) in [5.74, 6) is 1.20. The highest BCUT2D eigenvalue weighted by molar-refractivity contribution is 14.1. The van der Waals surface area contributed by atoms with E-state index in [2.05, 4.69) is 21.8 Å². The van der Waals surface area contributed by atoms with Crippen LogP contribution < -0.4 is 16.2 Å². The number of anilines is 1. The van der Waals surface area contributed by atoms with Gasteiger partial charge in [0.05, 0.1) is 6.33 Å². The van der Waals surface area contributed by atoms with Gasteiger partial charge in [0, 0.05) is 19.1 Å². The predicted molar refractivity (Wildman–Crippen MR) is 66.9 cm³/mol. The fraction of sp³-hybridized carbons (Fsp3) is 0.556. The van der Waals surface area contributed by atoms with Gasteiger partial charge in [-0.05, 0) is 28.5 Å². The van der Waals surface area contributed by atoms with Gasteiger partial charge in [-0.2, -0.15) is 0 Å². The Morgan fingerprint density at radius 1 is 1.67 bits per heavy atom. The Kier molecular flexibility index (Phi) is 2.96. The topological polar surface area (TPSA) is 75.0 Å². The van der Waals surface area contributed by atoms with Gasteiger partial charge >= 0.3 is 0 Å². The molecule has 0 amide bonds. The number of aromatic amines is 1. The van der Waals surface area contributed by atoms with E-state index >= 15 is 0 Å². The molecule has 0 aromatic carbocycles. The highest BCUT2D eigenvalue weighted by Crippen LogP contribution is 2.23. The van der Waals surface area contributed by atoms with Gasteiger partial charge in [0.2, 0.25) is 0 Å². The second-order valence-electron chi connectivity index (χ2n) is 3.92. The largest absolute Gasteiger partial charge is 0.354 e. The molecule has 0 bridgehead atoms. The van der Waals surface area contributed by atoms with E-state index in [1.54, 1.807) is 0 Å². The molecular formula is C9H13IN4O. The van der Waals surface area contributed by atoms with E-state index in [0.29, 0.717) is 9.49 Å². The predicted octanol–water partition coefficient (Wildman–Crippen LogP) is 0.158. The van der Waals surface area contributed by atoms with Crippen molar-refractivity contribution in [2.24, 2.45) is 11.7 Å². The average Bonchev–Trinajstić information content (AvgIpc) is 2.51. The maximum absolute atomic E-state index is 11.4. The molecule has 6 heteroatoms. The Hall–Kier alpha value is -0.630. The first kappa shape index (κ1) is 10.9. The highest BCUT2D eigenvalue weighted by Gasteiger charge is 2.28. The molecule has 0 radical (unpaired) electrons. The fourth-order valence-corrected chi connectivity index (χ4v) is 2.40. The SMILES string of the molecule is CC1CN(c2nc[nH]c(=O)c2I)CC1N. The molecule has 1 aromatic rings. The Bertz CT molecular complexity index is 409. The maximum atomic E-state index is 11.4. The molecule has 82 valence electrons. The van der Waals surface area contributed by atoms with Crippen molar-refractivity contribution in [3.8, 4) is 0 Å². The monoisotopic (exact) mass is 320 g/mol. The van der Waals surface area contributed by atoms with E-state index in [-0.39, 0.29) is 11.6 Å². The summed E-state index contributed by atoms with van der Waals surface area (Å²) >= 11 is 2.02. The van der Waals surface area contributed by atoms with E-state index in [1.807, 2.05) is 22.6 Å². The van der Waals surface area contributed by atoms with Crippen molar-refractivity contribution in [1.82, 2.24) is 9.97 Å². The van der Waals surface area contributed by atoms with Crippen molar-refractivity contribution in [3.63, 3.8) is 0 Å². The van der Waals surface area contributed by atoms with E-state index in [4.69, 9.17) is 5.73 Å². The van der Waals surface area contributed by atoms with Gasteiger partial charge in [0.1, 0.15) is 9.39 Å². The van der Waals surface area contributed by atoms with Crippen LogP contribution in [0.15, 0.2) is 11.1 Å². The molecule has 0 aliphatic carbocycles. The summed E-state index contributed by atoms with van der Waals surface area (Å²) in [5.41, 5.74) is 5.85. The van der Waals surface area contributed by atoms with Crippen LogP contribution in [0.1, 0.15) is 6.92 Å². The van der Waals surface area contributed by atoms with Gasteiger partial charge < -0.3 is 15.6 Å². The minimum absolute atomic E-state index is 0.0891. The van der Waals surface area contributed by atoms with E-state index in [9.17, 15) is 4.79 Å². The van der Waals surface area contributed by atoms with Crippen molar-refractivity contribution in [2.45, 2.75) is 13.0 Å². The van der Waals surface area contributed by atoms with Crippen LogP contribution in [0.2, 0.25) is 0 Å². The van der Waals surface area contributed by atoms with Crippen LogP contribution in [-0.2, 0) is 0 Å². The molecule has 3 N–H and O–H groups in total. The molecule has 2 unspecified atom stereocenters. The number of H-pyrrole nitrogens is 1. The van der Waals surface area contributed by atoms with Crippen LogP contribution in [0.5, 0.6) is 0 Å². The van der Waals surface area contributed by atoms with Gasteiger partial charge in [-0.1, -0.05) is 6.92 Å². The zero-order valence-corrected chi connectivity index (χ0v) is 10.6. The van der Waals surface area contributed by atoms with Crippen molar-refractivity contribution in [3.05, 3.63) is 20.3 Å². The lowest BCUT2D eigenvalue weighted by atomic mass is 10.1. The quantitative estimate of drug-likeness (QED) is 0.723. The fourth-order valence-electron chi connectivity index (χ4n) is 1.76. The standard InChI is InChI=1S/C9H13IN4O/c1-5-2-14(3-6(5)11)8-7(10)9(15)13-4-12-8/h4-6H,2-3,11H2,1H3,(H,12,13,15). The third-order valence-electron chi connectivity index (χ3n) is 2.75. The molecule has 2 heterocycles. The molecule has 0 spiro atoms. The third-order valence-corrected chi connectivity index (χ3v) is 3.72. The number of aromatic nitrogens is 2. The molecule has 2 rings (SSSR count). The van der Waals surface area contributed by atoms with E-state index in [0.717, 1.165) is 18.9 Å². The van der Waals surface area contributed by atoms with Crippen LogP contribution in [0, 0.1) is 9.49 Å². The van der Waals surface area contributed by atoms with Crippen molar-refractivity contribution >= 4 is 28.4 Å². The summed E-state index contributed by atoms with van der Waals surface area (Å²) < 4.78 is 0.636. The zero-order chi connectivity index (χ0) is 11.0. The third kappa shape index (κ3) is 2.00. The molecule has 15 heavy (non-hydrogen) atoms. The van der Waals surface area contributed by atoms with Gasteiger partial charge in [0.15, 0.2) is 0 Å². The number of nitrogens with zero attached hydrogens (tertiary/aromatic N) is 2. The summed E-state index contributed by atoms with van der Waals surface area (Å²) in [6.07, 6.45) is 1.44. The second-order valence-corrected chi connectivity index (χ2v) is 4.99. The van der Waals surface area contributed by atoms with Crippen molar-refractivity contribution in [2.75, 3.05) is 18.0 Å². The van der Waals surface area contributed by atoms with Crippen molar-refractivity contribution < 1.29 is 0 Å². The summed E-state index contributed by atoms with van der Waals surface area (Å²) in [7, 11) is 0. The number of nitrogens with two attached hydrogens (primary N) is 1. The molecule has 1 aromatic heterocycles. The first-order chi connectivity index (χ1) is 7.09. The molecule has 1 fully saturated rings. The van der Waals surface area contributed by atoms with Gasteiger partial charge in [-0.25, -0.2) is 4.98 Å². The lowest BCUT2D eigenvalue weighted by Gasteiger charge is -2.17. The Labute approximate surface area is 101 Å².